The molecular formula is C22H22N4O3. The van der Waals surface area contributed by atoms with Gasteiger partial charge in [0, 0.05) is 18.2 Å². The first-order valence-electron chi connectivity index (χ1n) is 9.57. The van der Waals surface area contributed by atoms with Crippen LogP contribution in [0.25, 0.3) is 22.6 Å². The molecule has 3 N–H and O–H groups in total. The first-order valence-corrected chi connectivity index (χ1v) is 9.57. The number of carboxylic acids is 1. The number of carboxylic acid groups (broad SMARTS) is 1. The summed E-state index contributed by atoms with van der Waals surface area (Å²) in [6.45, 7) is 1.63. The fourth-order valence-corrected chi connectivity index (χ4v) is 3.71. The van der Waals surface area contributed by atoms with Crippen LogP contribution in [0, 0.1) is 0 Å². The third-order valence-electron chi connectivity index (χ3n) is 5.24. The van der Waals surface area contributed by atoms with E-state index < -0.39 is 11.6 Å². The number of pyridine rings is 1. The summed E-state index contributed by atoms with van der Waals surface area (Å²) in [6.07, 6.45) is 4.95. The van der Waals surface area contributed by atoms with Crippen LogP contribution in [0.3, 0.4) is 0 Å². The first kappa shape index (κ1) is 19.2. The molecule has 0 unspecified atom stereocenters. The van der Waals surface area contributed by atoms with Crippen molar-refractivity contribution >= 4 is 5.97 Å². The molecule has 148 valence electrons. The van der Waals surface area contributed by atoms with Crippen LogP contribution in [0.2, 0.25) is 0 Å². The van der Waals surface area contributed by atoms with Crippen molar-refractivity contribution in [1.29, 1.82) is 0 Å². The van der Waals surface area contributed by atoms with E-state index in [0.717, 1.165) is 37.1 Å². The molecule has 0 aliphatic carbocycles. The van der Waals surface area contributed by atoms with Gasteiger partial charge in [-0.05, 0) is 55.8 Å². The van der Waals surface area contributed by atoms with Crippen LogP contribution in [-0.4, -0.2) is 49.8 Å². The van der Waals surface area contributed by atoms with Crippen molar-refractivity contribution in [3.63, 3.8) is 0 Å². The minimum atomic E-state index is -1.06. The Morgan fingerprint density at radius 3 is 2.66 bits per heavy atom. The van der Waals surface area contributed by atoms with Crippen LogP contribution in [-0.2, 0) is 6.42 Å². The molecule has 1 saturated heterocycles. The Kier molecular flexibility index (Phi) is 5.33. The van der Waals surface area contributed by atoms with Gasteiger partial charge in [-0.25, -0.2) is 19.7 Å². The first-order chi connectivity index (χ1) is 14.0. The van der Waals surface area contributed by atoms with Crippen LogP contribution in [0.1, 0.15) is 28.8 Å². The molecule has 1 aromatic carbocycles. The molecule has 0 saturated carbocycles. The molecule has 0 atom stereocenters. The van der Waals surface area contributed by atoms with E-state index in [9.17, 15) is 15.0 Å². The van der Waals surface area contributed by atoms with Gasteiger partial charge in [-0.2, -0.15) is 0 Å². The molecule has 7 nitrogen and oxygen atoms in total. The average molecular weight is 390 g/mol. The number of rotatable bonds is 5. The van der Waals surface area contributed by atoms with Crippen molar-refractivity contribution in [1.82, 2.24) is 20.3 Å². The maximum absolute atomic E-state index is 11.6. The van der Waals surface area contributed by atoms with Gasteiger partial charge in [0.05, 0.1) is 22.6 Å². The maximum Gasteiger partial charge on any atom is 0.337 e. The van der Waals surface area contributed by atoms with E-state index >= 15 is 0 Å². The predicted octanol–water partition coefficient (Wildman–Crippen LogP) is 2.56. The van der Waals surface area contributed by atoms with Crippen molar-refractivity contribution in [2.75, 3.05) is 13.1 Å². The highest BCUT2D eigenvalue weighted by molar-refractivity contribution is 5.94. The summed E-state index contributed by atoms with van der Waals surface area (Å²) >= 11 is 0. The second-order valence-electron chi connectivity index (χ2n) is 7.34. The van der Waals surface area contributed by atoms with E-state index in [4.69, 9.17) is 0 Å². The molecule has 3 heterocycles. The lowest BCUT2D eigenvalue weighted by molar-refractivity contribution is 0.0109. The zero-order valence-corrected chi connectivity index (χ0v) is 15.9. The quantitative estimate of drug-likeness (QED) is 0.614. The number of aliphatic hydroxyl groups is 1. The summed E-state index contributed by atoms with van der Waals surface area (Å²) in [7, 11) is 0. The molecular weight excluding hydrogens is 368 g/mol. The number of aromatic nitrogens is 3. The Hall–Kier alpha value is -3.16. The summed E-state index contributed by atoms with van der Waals surface area (Å²) in [5.74, 6) is -1.06. The second kappa shape index (κ2) is 8.06. The lowest BCUT2D eigenvalue weighted by atomic mass is 9.85. The molecule has 2 aromatic heterocycles. The lowest BCUT2D eigenvalue weighted by Gasteiger charge is -2.32. The number of piperidine rings is 1. The van der Waals surface area contributed by atoms with Gasteiger partial charge in [-0.15, -0.1) is 0 Å². The minimum absolute atomic E-state index is 0.0904. The van der Waals surface area contributed by atoms with E-state index in [-0.39, 0.29) is 5.56 Å². The van der Waals surface area contributed by atoms with Crippen LogP contribution < -0.4 is 5.32 Å². The highest BCUT2D eigenvalue weighted by Crippen LogP contribution is 2.28. The zero-order valence-electron chi connectivity index (χ0n) is 15.9. The fraction of sp³-hybridized carbons (Fsp3) is 0.273. The molecule has 7 heteroatoms. The van der Waals surface area contributed by atoms with Crippen LogP contribution >= 0.6 is 0 Å². The van der Waals surface area contributed by atoms with Crippen molar-refractivity contribution in [2.45, 2.75) is 24.9 Å². The molecule has 0 bridgehead atoms. The van der Waals surface area contributed by atoms with E-state index in [1.165, 1.54) is 6.33 Å². The standard InChI is InChI=1S/C22H22N4O3/c27-21(28)17-4-5-18(26-20(17)19-6-9-24-14-25-19)16-3-1-2-15(12-16)13-22(29)7-10-23-11-8-22/h1-6,9,12,14,23,29H,7-8,10-11,13H2,(H,27,28). The van der Waals surface area contributed by atoms with Crippen LogP contribution in [0.15, 0.2) is 55.0 Å². The predicted molar refractivity (Wildman–Crippen MR) is 108 cm³/mol. The molecule has 0 radical (unpaired) electrons. The number of aromatic carboxylic acids is 1. The number of carbonyl (C=O) groups is 1. The van der Waals surface area contributed by atoms with Crippen molar-refractivity contribution in [3.05, 3.63) is 66.1 Å². The van der Waals surface area contributed by atoms with E-state index in [1.54, 1.807) is 24.4 Å². The van der Waals surface area contributed by atoms with Gasteiger partial charge in [0.25, 0.3) is 0 Å². The highest BCUT2D eigenvalue weighted by Gasteiger charge is 2.29. The molecule has 0 spiro atoms. The summed E-state index contributed by atoms with van der Waals surface area (Å²) in [5.41, 5.74) is 2.71. The van der Waals surface area contributed by atoms with Crippen molar-refractivity contribution < 1.29 is 15.0 Å². The Morgan fingerprint density at radius 2 is 1.93 bits per heavy atom. The van der Waals surface area contributed by atoms with Gasteiger partial charge in [0.2, 0.25) is 0 Å². The van der Waals surface area contributed by atoms with E-state index in [2.05, 4.69) is 20.3 Å². The number of hydrogen-bond acceptors (Lipinski definition) is 6. The lowest BCUT2D eigenvalue weighted by Crippen LogP contribution is -2.43. The zero-order chi connectivity index (χ0) is 20.3. The Bertz CT molecular complexity index is 1020. The fourth-order valence-electron chi connectivity index (χ4n) is 3.71. The van der Waals surface area contributed by atoms with Gasteiger partial charge in [-0.3, -0.25) is 0 Å². The summed E-state index contributed by atoms with van der Waals surface area (Å²) in [5, 5.41) is 23.6. The van der Waals surface area contributed by atoms with Crippen LogP contribution in [0.5, 0.6) is 0 Å². The molecule has 1 aliphatic rings. The number of nitrogens with one attached hydrogen (secondary N) is 1. The topological polar surface area (TPSA) is 108 Å². The Balaban J connectivity index is 1.69. The summed E-state index contributed by atoms with van der Waals surface area (Å²) < 4.78 is 0. The normalized spacial score (nSPS) is 15.8. The molecule has 0 amide bonds. The number of benzene rings is 1. The van der Waals surface area contributed by atoms with E-state index in [1.807, 2.05) is 24.3 Å². The van der Waals surface area contributed by atoms with Gasteiger partial charge in [0.15, 0.2) is 0 Å². The molecule has 3 aromatic rings. The number of nitrogens with zero attached hydrogens (tertiary/aromatic N) is 3. The largest absolute Gasteiger partial charge is 0.478 e. The Morgan fingerprint density at radius 1 is 1.10 bits per heavy atom. The minimum Gasteiger partial charge on any atom is -0.478 e. The molecule has 29 heavy (non-hydrogen) atoms. The average Bonchev–Trinajstić information content (AvgIpc) is 2.74. The molecule has 1 fully saturated rings. The van der Waals surface area contributed by atoms with Crippen molar-refractivity contribution in [3.8, 4) is 22.6 Å². The highest BCUT2D eigenvalue weighted by atomic mass is 16.4. The third-order valence-corrected chi connectivity index (χ3v) is 5.24. The summed E-state index contributed by atoms with van der Waals surface area (Å²) in [6, 6.07) is 12.8. The maximum atomic E-state index is 11.6. The second-order valence-corrected chi connectivity index (χ2v) is 7.34. The Labute approximate surface area is 168 Å². The smallest absolute Gasteiger partial charge is 0.337 e. The van der Waals surface area contributed by atoms with Crippen molar-refractivity contribution in [2.24, 2.45) is 0 Å². The van der Waals surface area contributed by atoms with E-state index in [0.29, 0.717) is 23.5 Å². The SMILES string of the molecule is O=C(O)c1ccc(-c2cccc(CC3(O)CCNCC3)c2)nc1-c1ccncn1. The molecule has 1 aliphatic heterocycles. The van der Waals surface area contributed by atoms with Gasteiger partial charge in [0.1, 0.15) is 12.0 Å². The van der Waals surface area contributed by atoms with Crippen LogP contribution in [0.4, 0.5) is 0 Å². The van der Waals surface area contributed by atoms with Gasteiger partial charge >= 0.3 is 5.97 Å². The third kappa shape index (κ3) is 4.31. The van der Waals surface area contributed by atoms with Gasteiger partial charge in [-0.1, -0.05) is 18.2 Å². The monoisotopic (exact) mass is 390 g/mol. The summed E-state index contributed by atoms with van der Waals surface area (Å²) in [4.78, 5) is 24.3. The number of hydrogen-bond donors (Lipinski definition) is 3. The van der Waals surface area contributed by atoms with Gasteiger partial charge < -0.3 is 15.5 Å². The molecule has 4 rings (SSSR count).